The molecule has 0 aromatic heterocycles. The number of carbonyl (C=O) groups is 1. The monoisotopic (exact) mass is 281 g/mol. The van der Waals surface area contributed by atoms with E-state index in [0.717, 1.165) is 38.8 Å². The van der Waals surface area contributed by atoms with Crippen LogP contribution in [0.15, 0.2) is 18.2 Å². The lowest BCUT2D eigenvalue weighted by Gasteiger charge is -2.36. The molecule has 0 bridgehead atoms. The summed E-state index contributed by atoms with van der Waals surface area (Å²) in [6.07, 6.45) is 3.82. The Labute approximate surface area is 119 Å². The van der Waals surface area contributed by atoms with E-state index in [0.29, 0.717) is 5.56 Å². The fourth-order valence-corrected chi connectivity index (χ4v) is 3.10. The predicted octanol–water partition coefficient (Wildman–Crippen LogP) is 3.40. The fraction of sp³-hybridized carbons (Fsp3) is 0.533. The summed E-state index contributed by atoms with van der Waals surface area (Å²) in [5, 5.41) is 13.0. The number of carbonyl (C=O) groups excluding carboxylic acids is 1. The quantitative estimate of drug-likeness (QED) is 0.832. The van der Waals surface area contributed by atoms with Crippen LogP contribution in [0.3, 0.4) is 0 Å². The van der Waals surface area contributed by atoms with E-state index >= 15 is 0 Å². The smallest absolute Gasteiger partial charge is 0.170 e. The number of benzene rings is 1. The molecule has 2 rings (SSSR count). The van der Waals surface area contributed by atoms with Crippen molar-refractivity contribution in [2.24, 2.45) is 5.41 Å². The molecule has 1 aromatic rings. The number of phenols is 1. The maximum Gasteiger partial charge on any atom is 0.170 e. The van der Waals surface area contributed by atoms with Crippen LogP contribution in [-0.2, 0) is 0 Å². The van der Waals surface area contributed by atoms with E-state index in [1.807, 2.05) is 0 Å². The highest BCUT2D eigenvalue weighted by Gasteiger charge is 2.39. The third-order valence-electron chi connectivity index (χ3n) is 3.89. The van der Waals surface area contributed by atoms with Crippen LogP contribution >= 0.6 is 11.6 Å². The van der Waals surface area contributed by atoms with Crippen molar-refractivity contribution in [2.75, 3.05) is 13.1 Å². The summed E-state index contributed by atoms with van der Waals surface area (Å²) in [7, 11) is 0. The first kappa shape index (κ1) is 14.4. The van der Waals surface area contributed by atoms with Gasteiger partial charge in [0, 0.05) is 17.5 Å². The number of Topliss-reactive ketones (excluding diaryl/α,β-unsaturated/α-hetero) is 1. The van der Waals surface area contributed by atoms with E-state index in [2.05, 4.69) is 12.2 Å². The summed E-state index contributed by atoms with van der Waals surface area (Å²) in [5.74, 6) is 0.160. The van der Waals surface area contributed by atoms with Crippen LogP contribution in [0.4, 0.5) is 0 Å². The van der Waals surface area contributed by atoms with Crippen LogP contribution in [-0.4, -0.2) is 24.0 Å². The molecule has 1 aliphatic rings. The average Bonchev–Trinajstić information content (AvgIpc) is 2.42. The standard InChI is InChI=1S/C15H20ClNO2/c1-2-6-15(7-3-8-17-10-15)14(19)11-4-5-13(18)12(16)9-11/h4-5,9,17-18H,2-3,6-8,10H2,1H3. The second-order valence-electron chi connectivity index (χ2n) is 5.31. The molecule has 0 amide bonds. The van der Waals surface area contributed by atoms with Gasteiger partial charge in [0.2, 0.25) is 0 Å². The van der Waals surface area contributed by atoms with Crippen LogP contribution in [0, 0.1) is 5.41 Å². The summed E-state index contributed by atoms with van der Waals surface area (Å²) in [5.41, 5.74) is 0.285. The van der Waals surface area contributed by atoms with Gasteiger partial charge in [0.25, 0.3) is 0 Å². The molecular formula is C15H20ClNO2. The Morgan fingerprint density at radius 3 is 2.89 bits per heavy atom. The minimum atomic E-state index is -0.312. The highest BCUT2D eigenvalue weighted by molar-refractivity contribution is 6.32. The third kappa shape index (κ3) is 2.93. The second-order valence-corrected chi connectivity index (χ2v) is 5.71. The molecule has 4 heteroatoms. The predicted molar refractivity (Wildman–Crippen MR) is 76.9 cm³/mol. The molecule has 1 fully saturated rings. The number of hydrogen-bond donors (Lipinski definition) is 2. The topological polar surface area (TPSA) is 49.3 Å². The van der Waals surface area contributed by atoms with E-state index in [1.165, 1.54) is 6.07 Å². The molecule has 1 heterocycles. The van der Waals surface area contributed by atoms with Crippen molar-refractivity contribution >= 4 is 17.4 Å². The van der Waals surface area contributed by atoms with Gasteiger partial charge in [-0.05, 0) is 44.0 Å². The van der Waals surface area contributed by atoms with Crippen LogP contribution in [0.2, 0.25) is 5.02 Å². The number of piperidine rings is 1. The first-order valence-corrected chi connectivity index (χ1v) is 7.21. The molecule has 19 heavy (non-hydrogen) atoms. The maximum absolute atomic E-state index is 12.8. The van der Waals surface area contributed by atoms with Gasteiger partial charge in [-0.15, -0.1) is 0 Å². The minimum absolute atomic E-state index is 0.0181. The number of aromatic hydroxyl groups is 1. The largest absolute Gasteiger partial charge is 0.506 e. The molecule has 1 unspecified atom stereocenters. The lowest BCUT2D eigenvalue weighted by Crippen LogP contribution is -2.45. The Balaban J connectivity index is 2.30. The van der Waals surface area contributed by atoms with Gasteiger partial charge in [-0.25, -0.2) is 0 Å². The average molecular weight is 282 g/mol. The summed E-state index contributed by atoms with van der Waals surface area (Å²) < 4.78 is 0. The van der Waals surface area contributed by atoms with Crippen molar-refractivity contribution in [2.45, 2.75) is 32.6 Å². The molecule has 1 saturated heterocycles. The Bertz CT molecular complexity index is 462. The van der Waals surface area contributed by atoms with Gasteiger partial charge in [0.05, 0.1) is 5.02 Å². The zero-order chi connectivity index (χ0) is 13.9. The lowest BCUT2D eigenvalue weighted by molar-refractivity contribution is 0.0718. The first-order chi connectivity index (χ1) is 9.09. The van der Waals surface area contributed by atoms with Crippen LogP contribution in [0.25, 0.3) is 0 Å². The molecule has 0 saturated carbocycles. The van der Waals surface area contributed by atoms with Crippen molar-refractivity contribution in [3.8, 4) is 5.75 Å². The van der Waals surface area contributed by atoms with Gasteiger partial charge in [-0.1, -0.05) is 24.9 Å². The molecule has 104 valence electrons. The van der Waals surface area contributed by atoms with E-state index in [9.17, 15) is 9.90 Å². The fourth-order valence-electron chi connectivity index (χ4n) is 2.92. The van der Waals surface area contributed by atoms with E-state index in [-0.39, 0.29) is 22.0 Å². The van der Waals surface area contributed by atoms with Gasteiger partial charge in [-0.3, -0.25) is 4.79 Å². The van der Waals surface area contributed by atoms with Crippen LogP contribution in [0.5, 0.6) is 5.75 Å². The number of hydrogen-bond acceptors (Lipinski definition) is 3. The zero-order valence-electron chi connectivity index (χ0n) is 11.2. The second kappa shape index (κ2) is 5.93. The highest BCUT2D eigenvalue weighted by Crippen LogP contribution is 2.36. The highest BCUT2D eigenvalue weighted by atomic mass is 35.5. The van der Waals surface area contributed by atoms with Gasteiger partial charge in [0.1, 0.15) is 5.75 Å². The van der Waals surface area contributed by atoms with E-state index < -0.39 is 0 Å². The van der Waals surface area contributed by atoms with Crippen LogP contribution < -0.4 is 5.32 Å². The van der Waals surface area contributed by atoms with E-state index in [4.69, 9.17) is 11.6 Å². The summed E-state index contributed by atoms with van der Waals surface area (Å²) >= 11 is 5.90. The van der Waals surface area contributed by atoms with Crippen molar-refractivity contribution in [3.05, 3.63) is 28.8 Å². The Kier molecular flexibility index (Phi) is 4.48. The molecule has 1 aliphatic heterocycles. The van der Waals surface area contributed by atoms with Gasteiger partial charge in [-0.2, -0.15) is 0 Å². The number of ketones is 1. The summed E-state index contributed by atoms with van der Waals surface area (Å²) in [6.45, 7) is 3.82. The van der Waals surface area contributed by atoms with Crippen molar-refractivity contribution in [3.63, 3.8) is 0 Å². The molecule has 2 N–H and O–H groups in total. The summed E-state index contributed by atoms with van der Waals surface area (Å²) in [4.78, 5) is 12.8. The maximum atomic E-state index is 12.8. The zero-order valence-corrected chi connectivity index (χ0v) is 12.0. The number of rotatable bonds is 4. The molecule has 0 aliphatic carbocycles. The Morgan fingerprint density at radius 2 is 2.32 bits per heavy atom. The summed E-state index contributed by atoms with van der Waals surface area (Å²) in [6, 6.07) is 4.73. The molecule has 1 aromatic carbocycles. The minimum Gasteiger partial charge on any atom is -0.506 e. The Hall–Kier alpha value is -1.06. The molecule has 0 spiro atoms. The molecule has 1 atom stereocenters. The molecule has 3 nitrogen and oxygen atoms in total. The third-order valence-corrected chi connectivity index (χ3v) is 4.20. The lowest BCUT2D eigenvalue weighted by atomic mass is 9.71. The number of nitrogens with one attached hydrogen (secondary N) is 1. The number of halogens is 1. The normalized spacial score (nSPS) is 23.3. The van der Waals surface area contributed by atoms with Gasteiger partial charge < -0.3 is 10.4 Å². The van der Waals surface area contributed by atoms with Gasteiger partial charge in [0.15, 0.2) is 5.78 Å². The SMILES string of the molecule is CCCC1(C(=O)c2ccc(O)c(Cl)c2)CCCNC1. The van der Waals surface area contributed by atoms with Crippen LogP contribution in [0.1, 0.15) is 43.0 Å². The van der Waals surface area contributed by atoms with Gasteiger partial charge >= 0.3 is 0 Å². The molecule has 0 radical (unpaired) electrons. The first-order valence-electron chi connectivity index (χ1n) is 6.83. The van der Waals surface area contributed by atoms with Crippen molar-refractivity contribution < 1.29 is 9.90 Å². The Morgan fingerprint density at radius 1 is 1.53 bits per heavy atom. The number of phenolic OH excluding ortho intramolecular Hbond substituents is 1. The molecular weight excluding hydrogens is 262 g/mol. The van der Waals surface area contributed by atoms with Crippen molar-refractivity contribution in [1.82, 2.24) is 5.32 Å². The van der Waals surface area contributed by atoms with Crippen molar-refractivity contribution in [1.29, 1.82) is 0 Å². The van der Waals surface area contributed by atoms with E-state index in [1.54, 1.807) is 12.1 Å².